The van der Waals surface area contributed by atoms with Crippen LogP contribution >= 0.6 is 0 Å². The molecule has 0 saturated carbocycles. The molecule has 1 aromatic rings. The molecule has 0 unspecified atom stereocenters. The Morgan fingerprint density at radius 2 is 1.88 bits per heavy atom. The number of ether oxygens (including phenoxy) is 2. The van der Waals surface area contributed by atoms with Crippen molar-refractivity contribution in [1.29, 1.82) is 0 Å². The first kappa shape index (κ1) is 19.5. The zero-order valence-electron chi connectivity index (χ0n) is 14.6. The molecular weight excluding hydrogens is 308 g/mol. The van der Waals surface area contributed by atoms with Crippen LogP contribution in [-0.4, -0.2) is 38.6 Å². The highest BCUT2D eigenvalue weighted by Gasteiger charge is 2.08. The van der Waals surface area contributed by atoms with E-state index in [1.54, 1.807) is 13.2 Å². The number of hydrogen-bond acceptors (Lipinski definition) is 4. The largest absolute Gasteiger partial charge is 0.493 e. The summed E-state index contributed by atoms with van der Waals surface area (Å²) in [4.78, 5) is 23.2. The molecule has 132 valence electrons. The standard InChI is InChI=1S/C18H26N2O4/c1-4-6-14-7-8-15(16(12-14)23-3)24-13-18(22)20-11-9-17(21)19-10-5-2/h4,6-8,12H,5,9-11,13H2,1-3H3,(H,19,21)(H,20,22)/b6-4+. The topological polar surface area (TPSA) is 76.7 Å². The average Bonchev–Trinajstić information content (AvgIpc) is 2.58. The minimum atomic E-state index is -0.280. The molecule has 6 nitrogen and oxygen atoms in total. The highest BCUT2D eigenvalue weighted by atomic mass is 16.5. The van der Waals surface area contributed by atoms with E-state index in [2.05, 4.69) is 10.6 Å². The molecule has 0 saturated heterocycles. The van der Waals surface area contributed by atoms with Crippen molar-refractivity contribution in [2.24, 2.45) is 0 Å². The molecule has 0 heterocycles. The molecule has 0 radical (unpaired) electrons. The summed E-state index contributed by atoms with van der Waals surface area (Å²) < 4.78 is 10.8. The molecule has 0 aliphatic carbocycles. The monoisotopic (exact) mass is 334 g/mol. The van der Waals surface area contributed by atoms with E-state index in [0.29, 0.717) is 18.0 Å². The second-order valence-corrected chi connectivity index (χ2v) is 5.15. The third-order valence-electron chi connectivity index (χ3n) is 3.15. The van der Waals surface area contributed by atoms with Gasteiger partial charge in [-0.25, -0.2) is 0 Å². The highest BCUT2D eigenvalue weighted by Crippen LogP contribution is 2.28. The third-order valence-corrected chi connectivity index (χ3v) is 3.15. The summed E-state index contributed by atoms with van der Waals surface area (Å²) in [7, 11) is 1.55. The number of carbonyl (C=O) groups is 2. The Labute approximate surface area is 143 Å². The number of benzene rings is 1. The van der Waals surface area contributed by atoms with Crippen molar-refractivity contribution in [2.75, 3.05) is 26.8 Å². The maximum atomic E-state index is 11.8. The fourth-order valence-corrected chi connectivity index (χ4v) is 1.96. The number of hydrogen-bond donors (Lipinski definition) is 2. The van der Waals surface area contributed by atoms with E-state index in [0.717, 1.165) is 12.0 Å². The summed E-state index contributed by atoms with van der Waals surface area (Å²) >= 11 is 0. The smallest absolute Gasteiger partial charge is 0.257 e. The summed E-state index contributed by atoms with van der Waals surface area (Å²) in [6.45, 7) is 4.73. The van der Waals surface area contributed by atoms with Gasteiger partial charge in [0, 0.05) is 19.5 Å². The van der Waals surface area contributed by atoms with Crippen molar-refractivity contribution < 1.29 is 19.1 Å². The number of amides is 2. The summed E-state index contributed by atoms with van der Waals surface area (Å²) in [5.41, 5.74) is 0.990. The molecule has 0 atom stereocenters. The van der Waals surface area contributed by atoms with E-state index >= 15 is 0 Å². The van der Waals surface area contributed by atoms with Gasteiger partial charge in [0.2, 0.25) is 5.91 Å². The summed E-state index contributed by atoms with van der Waals surface area (Å²) in [6, 6.07) is 5.48. The van der Waals surface area contributed by atoms with E-state index in [-0.39, 0.29) is 31.4 Å². The molecule has 2 amide bonds. The lowest BCUT2D eigenvalue weighted by Gasteiger charge is -2.11. The number of nitrogens with one attached hydrogen (secondary N) is 2. The summed E-state index contributed by atoms with van der Waals surface area (Å²) in [5, 5.41) is 5.40. The van der Waals surface area contributed by atoms with Gasteiger partial charge in [-0.3, -0.25) is 9.59 Å². The fourth-order valence-electron chi connectivity index (χ4n) is 1.96. The molecule has 0 aromatic heterocycles. The Hall–Kier alpha value is -2.50. The molecule has 0 fully saturated rings. The van der Waals surface area contributed by atoms with Gasteiger partial charge in [-0.2, -0.15) is 0 Å². The first-order chi connectivity index (χ1) is 11.6. The molecule has 24 heavy (non-hydrogen) atoms. The molecule has 6 heteroatoms. The Kier molecular flexibility index (Phi) is 9.04. The summed E-state index contributed by atoms with van der Waals surface area (Å²) in [6.07, 6.45) is 5.02. The van der Waals surface area contributed by atoms with Crippen molar-refractivity contribution in [1.82, 2.24) is 10.6 Å². The van der Waals surface area contributed by atoms with Crippen LogP contribution in [0.5, 0.6) is 11.5 Å². The van der Waals surface area contributed by atoms with Crippen molar-refractivity contribution in [3.8, 4) is 11.5 Å². The van der Waals surface area contributed by atoms with E-state index in [9.17, 15) is 9.59 Å². The number of carbonyl (C=O) groups excluding carboxylic acids is 2. The van der Waals surface area contributed by atoms with E-state index in [1.807, 2.05) is 38.1 Å². The molecule has 0 aliphatic rings. The molecule has 2 N–H and O–H groups in total. The van der Waals surface area contributed by atoms with Gasteiger partial charge < -0.3 is 20.1 Å². The normalized spacial score (nSPS) is 10.5. The van der Waals surface area contributed by atoms with E-state index in [1.165, 1.54) is 0 Å². The first-order valence-corrected chi connectivity index (χ1v) is 8.07. The van der Waals surface area contributed by atoms with Crippen LogP contribution in [0.15, 0.2) is 24.3 Å². The maximum absolute atomic E-state index is 11.8. The predicted molar refractivity (Wildman–Crippen MR) is 94.1 cm³/mol. The van der Waals surface area contributed by atoms with Gasteiger partial charge in [0.1, 0.15) is 0 Å². The Balaban J connectivity index is 2.40. The van der Waals surface area contributed by atoms with Gasteiger partial charge in [0.25, 0.3) is 5.91 Å². The van der Waals surface area contributed by atoms with Crippen molar-refractivity contribution >= 4 is 17.9 Å². The molecule has 0 spiro atoms. The fraction of sp³-hybridized carbons (Fsp3) is 0.444. The number of allylic oxidation sites excluding steroid dienone is 1. The van der Waals surface area contributed by atoms with E-state index < -0.39 is 0 Å². The quantitative estimate of drug-likeness (QED) is 0.687. The van der Waals surface area contributed by atoms with Crippen LogP contribution in [0.1, 0.15) is 32.3 Å². The zero-order valence-corrected chi connectivity index (χ0v) is 14.6. The number of methoxy groups -OCH3 is 1. The minimum Gasteiger partial charge on any atom is -0.493 e. The lowest BCUT2D eigenvalue weighted by Crippen LogP contribution is -2.33. The SMILES string of the molecule is C/C=C/c1ccc(OCC(=O)NCCC(=O)NCCC)c(OC)c1. The van der Waals surface area contributed by atoms with Gasteiger partial charge >= 0.3 is 0 Å². The van der Waals surface area contributed by atoms with Crippen LogP contribution in [0.25, 0.3) is 6.08 Å². The zero-order chi connectivity index (χ0) is 17.8. The minimum absolute atomic E-state index is 0.0701. The van der Waals surface area contributed by atoms with Crippen LogP contribution in [-0.2, 0) is 9.59 Å². The molecular formula is C18H26N2O4. The Morgan fingerprint density at radius 3 is 2.54 bits per heavy atom. The average molecular weight is 334 g/mol. The maximum Gasteiger partial charge on any atom is 0.257 e. The lowest BCUT2D eigenvalue weighted by atomic mass is 10.2. The molecule has 1 rings (SSSR count). The van der Waals surface area contributed by atoms with Gasteiger partial charge in [-0.15, -0.1) is 0 Å². The molecule has 0 bridgehead atoms. The predicted octanol–water partition coefficient (Wildman–Crippen LogP) is 2.14. The van der Waals surface area contributed by atoms with Crippen molar-refractivity contribution in [2.45, 2.75) is 26.7 Å². The summed E-state index contributed by atoms with van der Waals surface area (Å²) in [5.74, 6) is 0.719. The van der Waals surface area contributed by atoms with Crippen LogP contribution in [0.4, 0.5) is 0 Å². The second kappa shape index (κ2) is 11.1. The molecule has 0 aliphatic heterocycles. The van der Waals surface area contributed by atoms with Crippen molar-refractivity contribution in [3.63, 3.8) is 0 Å². The first-order valence-electron chi connectivity index (χ1n) is 8.07. The van der Waals surface area contributed by atoms with Crippen LogP contribution in [0.2, 0.25) is 0 Å². The van der Waals surface area contributed by atoms with Crippen molar-refractivity contribution in [3.05, 3.63) is 29.8 Å². The van der Waals surface area contributed by atoms with E-state index in [4.69, 9.17) is 9.47 Å². The lowest BCUT2D eigenvalue weighted by molar-refractivity contribution is -0.123. The van der Waals surface area contributed by atoms with Crippen LogP contribution in [0.3, 0.4) is 0 Å². The highest BCUT2D eigenvalue weighted by molar-refractivity contribution is 5.79. The number of rotatable bonds is 10. The second-order valence-electron chi connectivity index (χ2n) is 5.15. The van der Waals surface area contributed by atoms with Gasteiger partial charge in [-0.05, 0) is 31.0 Å². The van der Waals surface area contributed by atoms with Gasteiger partial charge in [-0.1, -0.05) is 25.1 Å². The van der Waals surface area contributed by atoms with Crippen LogP contribution in [0, 0.1) is 0 Å². The van der Waals surface area contributed by atoms with Gasteiger partial charge in [0.05, 0.1) is 7.11 Å². The Morgan fingerprint density at radius 1 is 1.12 bits per heavy atom. The van der Waals surface area contributed by atoms with Gasteiger partial charge in [0.15, 0.2) is 18.1 Å². The third kappa shape index (κ3) is 7.17. The van der Waals surface area contributed by atoms with Crippen LogP contribution < -0.4 is 20.1 Å². The Bertz CT molecular complexity index is 570. The molecule has 1 aromatic carbocycles.